The van der Waals surface area contributed by atoms with Gasteiger partial charge in [0.25, 0.3) is 15.9 Å². The molecule has 4 aromatic rings. The predicted octanol–water partition coefficient (Wildman–Crippen LogP) is 6.48. The molecule has 0 saturated heterocycles. The van der Waals surface area contributed by atoms with Gasteiger partial charge in [0.1, 0.15) is 0 Å². The topological polar surface area (TPSA) is 88.2 Å². The minimum absolute atomic E-state index is 0.162. The fraction of sp³-hybridized carbons (Fsp3) is 0.0435. The van der Waals surface area contributed by atoms with Crippen molar-refractivity contribution in [2.45, 2.75) is 11.8 Å². The van der Waals surface area contributed by atoms with Crippen molar-refractivity contribution in [3.63, 3.8) is 0 Å². The number of nitrogens with zero attached hydrogens (tertiary/aromatic N) is 1. The van der Waals surface area contributed by atoms with Crippen LogP contribution in [0.2, 0.25) is 10.0 Å². The number of rotatable bonds is 6. The standard InChI is InChI=1S/C23H17Cl2N3O3S2/c1-14-2-9-18(10-3-14)33(30,31)28-17-7-4-15(5-8-17)22(29)27-23-26-21(13-32-23)19-11-6-16(24)12-20(19)25/h2-13,28H,1H3,(H,26,27,29). The van der Waals surface area contributed by atoms with Crippen LogP contribution in [0.4, 0.5) is 10.8 Å². The van der Waals surface area contributed by atoms with E-state index in [9.17, 15) is 13.2 Å². The Morgan fingerprint density at radius 2 is 1.67 bits per heavy atom. The van der Waals surface area contributed by atoms with E-state index in [1.165, 1.54) is 35.6 Å². The lowest BCUT2D eigenvalue weighted by Crippen LogP contribution is -2.14. The van der Waals surface area contributed by atoms with Crippen LogP contribution in [0.1, 0.15) is 15.9 Å². The van der Waals surface area contributed by atoms with E-state index in [0.29, 0.717) is 37.7 Å². The third-order valence-electron chi connectivity index (χ3n) is 4.66. The molecule has 0 spiro atoms. The summed E-state index contributed by atoms with van der Waals surface area (Å²) >= 11 is 13.4. The lowest BCUT2D eigenvalue weighted by molar-refractivity contribution is 0.102. The summed E-state index contributed by atoms with van der Waals surface area (Å²) in [5, 5.41) is 5.92. The summed E-state index contributed by atoms with van der Waals surface area (Å²) in [6.45, 7) is 1.88. The second-order valence-electron chi connectivity index (χ2n) is 7.11. The molecule has 0 radical (unpaired) electrons. The van der Waals surface area contributed by atoms with E-state index in [2.05, 4.69) is 15.0 Å². The summed E-state index contributed by atoms with van der Waals surface area (Å²) in [6.07, 6.45) is 0. The lowest BCUT2D eigenvalue weighted by Gasteiger charge is -2.09. The molecule has 0 aliphatic carbocycles. The fourth-order valence-corrected chi connectivity index (χ4v) is 5.21. The molecule has 33 heavy (non-hydrogen) atoms. The molecule has 3 aromatic carbocycles. The van der Waals surface area contributed by atoms with Crippen molar-refractivity contribution < 1.29 is 13.2 Å². The van der Waals surface area contributed by atoms with E-state index >= 15 is 0 Å². The first-order valence-electron chi connectivity index (χ1n) is 9.63. The van der Waals surface area contributed by atoms with Gasteiger partial charge in [0.2, 0.25) is 0 Å². The van der Waals surface area contributed by atoms with Crippen molar-refractivity contribution in [3.05, 3.63) is 93.3 Å². The van der Waals surface area contributed by atoms with Gasteiger partial charge in [-0.25, -0.2) is 13.4 Å². The summed E-state index contributed by atoms with van der Waals surface area (Å²) in [4.78, 5) is 17.2. The lowest BCUT2D eigenvalue weighted by atomic mass is 10.2. The minimum atomic E-state index is -3.72. The monoisotopic (exact) mass is 517 g/mol. The molecule has 1 amide bonds. The van der Waals surface area contributed by atoms with Gasteiger partial charge >= 0.3 is 0 Å². The van der Waals surface area contributed by atoms with Gasteiger partial charge in [-0.3, -0.25) is 14.8 Å². The molecule has 0 bridgehead atoms. The number of carbonyl (C=O) groups is 1. The zero-order chi connectivity index (χ0) is 23.6. The molecular weight excluding hydrogens is 501 g/mol. The van der Waals surface area contributed by atoms with Crippen molar-refractivity contribution in [1.29, 1.82) is 0 Å². The maximum absolute atomic E-state index is 12.6. The number of aromatic nitrogens is 1. The smallest absolute Gasteiger partial charge is 0.261 e. The number of anilines is 2. The average Bonchev–Trinajstić information content (AvgIpc) is 3.22. The molecule has 0 unspecified atom stereocenters. The highest BCUT2D eigenvalue weighted by Crippen LogP contribution is 2.32. The molecule has 168 valence electrons. The Morgan fingerprint density at radius 3 is 2.33 bits per heavy atom. The van der Waals surface area contributed by atoms with Crippen molar-refractivity contribution in [2.75, 3.05) is 10.0 Å². The maximum Gasteiger partial charge on any atom is 0.261 e. The van der Waals surface area contributed by atoms with E-state index in [-0.39, 0.29) is 10.8 Å². The zero-order valence-electron chi connectivity index (χ0n) is 17.2. The van der Waals surface area contributed by atoms with Crippen LogP contribution in [0.15, 0.2) is 77.0 Å². The maximum atomic E-state index is 12.6. The molecule has 0 fully saturated rings. The van der Waals surface area contributed by atoms with E-state index in [0.717, 1.165) is 5.56 Å². The van der Waals surface area contributed by atoms with Crippen molar-refractivity contribution in [1.82, 2.24) is 4.98 Å². The van der Waals surface area contributed by atoms with Gasteiger partial charge in [0.15, 0.2) is 5.13 Å². The van der Waals surface area contributed by atoms with E-state index < -0.39 is 10.0 Å². The normalized spacial score (nSPS) is 11.2. The molecule has 0 saturated carbocycles. The third kappa shape index (κ3) is 5.54. The Kier molecular flexibility index (Phi) is 6.71. The van der Waals surface area contributed by atoms with Crippen LogP contribution < -0.4 is 10.0 Å². The number of sulfonamides is 1. The van der Waals surface area contributed by atoms with Gasteiger partial charge < -0.3 is 0 Å². The van der Waals surface area contributed by atoms with Crippen molar-refractivity contribution in [3.8, 4) is 11.3 Å². The summed E-state index contributed by atoms with van der Waals surface area (Å²) in [6, 6.07) is 17.8. The first-order valence-corrected chi connectivity index (χ1v) is 12.7. The Labute approximate surface area is 205 Å². The summed E-state index contributed by atoms with van der Waals surface area (Å²) in [5.74, 6) is -0.369. The molecule has 2 N–H and O–H groups in total. The quantitative estimate of drug-likeness (QED) is 0.306. The number of hydrogen-bond donors (Lipinski definition) is 2. The van der Waals surface area contributed by atoms with Crippen molar-refractivity contribution >= 4 is 61.3 Å². The Balaban J connectivity index is 1.44. The van der Waals surface area contributed by atoms with Gasteiger partial charge in [-0.05, 0) is 61.5 Å². The van der Waals surface area contributed by atoms with Crippen LogP contribution in [0.25, 0.3) is 11.3 Å². The van der Waals surface area contributed by atoms with Gasteiger partial charge in [0.05, 0.1) is 15.6 Å². The van der Waals surface area contributed by atoms with Gasteiger partial charge in [-0.1, -0.05) is 40.9 Å². The van der Waals surface area contributed by atoms with Crippen molar-refractivity contribution in [2.24, 2.45) is 0 Å². The Bertz CT molecular complexity index is 1420. The second kappa shape index (κ2) is 9.52. The number of aryl methyl sites for hydroxylation is 1. The minimum Gasteiger partial charge on any atom is -0.298 e. The van der Waals surface area contributed by atoms with E-state index in [1.54, 1.807) is 47.8 Å². The first kappa shape index (κ1) is 23.3. The fourth-order valence-electron chi connectivity index (χ4n) is 2.94. The Hall–Kier alpha value is -2.91. The number of carbonyl (C=O) groups excluding carboxylic acids is 1. The largest absolute Gasteiger partial charge is 0.298 e. The third-order valence-corrected chi connectivity index (χ3v) is 7.37. The van der Waals surface area contributed by atoms with Gasteiger partial charge in [-0.15, -0.1) is 11.3 Å². The zero-order valence-corrected chi connectivity index (χ0v) is 20.3. The molecule has 0 aliphatic rings. The van der Waals surface area contributed by atoms with Crippen LogP contribution >= 0.6 is 34.5 Å². The number of benzene rings is 3. The average molecular weight is 518 g/mol. The number of thiazole rings is 1. The van der Waals surface area contributed by atoms with Crippen LogP contribution in [-0.4, -0.2) is 19.3 Å². The highest BCUT2D eigenvalue weighted by atomic mass is 35.5. The summed E-state index contributed by atoms with van der Waals surface area (Å²) < 4.78 is 27.6. The molecule has 4 rings (SSSR count). The second-order valence-corrected chi connectivity index (χ2v) is 10.5. The predicted molar refractivity (Wildman–Crippen MR) is 134 cm³/mol. The van der Waals surface area contributed by atoms with Crippen LogP contribution in [0.5, 0.6) is 0 Å². The van der Waals surface area contributed by atoms with Crippen LogP contribution in [0, 0.1) is 6.92 Å². The highest BCUT2D eigenvalue weighted by Gasteiger charge is 2.15. The van der Waals surface area contributed by atoms with E-state index in [4.69, 9.17) is 23.2 Å². The Morgan fingerprint density at radius 1 is 0.970 bits per heavy atom. The molecular formula is C23H17Cl2N3O3S2. The first-order chi connectivity index (χ1) is 15.7. The number of nitrogens with one attached hydrogen (secondary N) is 2. The SMILES string of the molecule is Cc1ccc(S(=O)(=O)Nc2ccc(C(=O)Nc3nc(-c4ccc(Cl)cc4Cl)cs3)cc2)cc1. The van der Waals surface area contributed by atoms with Crippen LogP contribution in [0.3, 0.4) is 0 Å². The molecule has 1 heterocycles. The van der Waals surface area contributed by atoms with Crippen LogP contribution in [-0.2, 0) is 10.0 Å². The molecule has 0 aliphatic heterocycles. The number of halogens is 2. The molecule has 10 heteroatoms. The summed E-state index contributed by atoms with van der Waals surface area (Å²) in [7, 11) is -3.72. The number of hydrogen-bond acceptors (Lipinski definition) is 5. The van der Waals surface area contributed by atoms with E-state index in [1.807, 2.05) is 6.92 Å². The van der Waals surface area contributed by atoms with Gasteiger partial charge in [-0.2, -0.15) is 0 Å². The molecule has 1 aromatic heterocycles. The highest BCUT2D eigenvalue weighted by molar-refractivity contribution is 7.92. The molecule has 6 nitrogen and oxygen atoms in total. The number of amides is 1. The van der Waals surface area contributed by atoms with Gasteiger partial charge in [0, 0.05) is 27.2 Å². The summed E-state index contributed by atoms with van der Waals surface area (Å²) in [5.41, 5.74) is 3.00. The molecule has 0 atom stereocenters.